The first-order chi connectivity index (χ1) is 21.2. The summed E-state index contributed by atoms with van der Waals surface area (Å²) in [5.74, 6) is -0.369. The van der Waals surface area contributed by atoms with Crippen molar-refractivity contribution < 1.29 is 27.9 Å². The number of hydrogen-bond acceptors (Lipinski definition) is 6. The van der Waals surface area contributed by atoms with Crippen LogP contribution in [0.2, 0.25) is 0 Å². The zero-order chi connectivity index (χ0) is 31.1. The average molecular weight is 614 g/mol. The van der Waals surface area contributed by atoms with Gasteiger partial charge in [-0.1, -0.05) is 37.6 Å². The summed E-state index contributed by atoms with van der Waals surface area (Å²) in [5, 5.41) is 12.8. The van der Waals surface area contributed by atoms with Gasteiger partial charge in [-0.2, -0.15) is 0 Å². The summed E-state index contributed by atoms with van der Waals surface area (Å²) in [6.07, 6.45) is 2.22. The van der Waals surface area contributed by atoms with E-state index in [0.29, 0.717) is 30.2 Å². The summed E-state index contributed by atoms with van der Waals surface area (Å²) >= 11 is 0. The van der Waals surface area contributed by atoms with Crippen LogP contribution >= 0.6 is 0 Å². The lowest BCUT2D eigenvalue weighted by Gasteiger charge is -2.23. The molecule has 0 aromatic heterocycles. The zero-order valence-corrected chi connectivity index (χ0v) is 25.3. The van der Waals surface area contributed by atoms with Gasteiger partial charge in [0, 0.05) is 24.3 Å². The second-order valence-electron chi connectivity index (χ2n) is 10.6. The third-order valence-electron chi connectivity index (χ3n) is 7.42. The quantitative estimate of drug-likeness (QED) is 0.179. The molecule has 0 fully saturated rings. The van der Waals surface area contributed by atoms with E-state index >= 15 is 0 Å². The van der Waals surface area contributed by atoms with Crippen LogP contribution in [0, 0.1) is 0 Å². The topological polar surface area (TPSA) is 125 Å². The maximum Gasteiger partial charge on any atom is 0.307 e. The summed E-state index contributed by atoms with van der Waals surface area (Å²) < 4.78 is 35.1. The Morgan fingerprint density at radius 1 is 0.932 bits per heavy atom. The largest absolute Gasteiger partial charge is 0.481 e. The molecule has 4 aromatic carbocycles. The number of carbonyl (C=O) groups excluding carboxylic acids is 1. The molecular formula is C34H35N3O6S. The highest BCUT2D eigenvalue weighted by atomic mass is 32.2. The van der Waals surface area contributed by atoms with E-state index in [1.54, 1.807) is 59.5 Å². The van der Waals surface area contributed by atoms with Gasteiger partial charge >= 0.3 is 5.97 Å². The number of carboxylic acids is 1. The van der Waals surface area contributed by atoms with E-state index in [2.05, 4.69) is 17.0 Å². The minimum absolute atomic E-state index is 0.0869. The molecular weight excluding hydrogens is 578 g/mol. The van der Waals surface area contributed by atoms with Crippen LogP contribution < -0.4 is 19.7 Å². The van der Waals surface area contributed by atoms with Crippen molar-refractivity contribution in [3.8, 4) is 11.5 Å². The van der Waals surface area contributed by atoms with E-state index in [-0.39, 0.29) is 22.1 Å². The Labute approximate surface area is 257 Å². The van der Waals surface area contributed by atoms with E-state index in [1.165, 1.54) is 12.1 Å². The molecule has 228 valence electrons. The molecule has 0 radical (unpaired) electrons. The van der Waals surface area contributed by atoms with Gasteiger partial charge in [-0.15, -0.1) is 0 Å². The number of aliphatic carboxylic acids is 1. The van der Waals surface area contributed by atoms with Crippen molar-refractivity contribution in [3.05, 3.63) is 113 Å². The molecule has 0 bridgehead atoms. The summed E-state index contributed by atoms with van der Waals surface area (Å²) in [7, 11) is -3.97. The highest BCUT2D eigenvalue weighted by Crippen LogP contribution is 2.31. The van der Waals surface area contributed by atoms with Gasteiger partial charge in [0.05, 0.1) is 17.0 Å². The highest BCUT2D eigenvalue weighted by Gasteiger charge is 2.21. The van der Waals surface area contributed by atoms with Crippen LogP contribution in [0.25, 0.3) is 0 Å². The number of nitrogens with zero attached hydrogens (tertiary/aromatic N) is 1. The van der Waals surface area contributed by atoms with Crippen molar-refractivity contribution in [3.63, 3.8) is 0 Å². The maximum absolute atomic E-state index is 13.3. The molecule has 0 unspecified atom stereocenters. The van der Waals surface area contributed by atoms with Gasteiger partial charge < -0.3 is 20.1 Å². The second-order valence-corrected chi connectivity index (χ2v) is 12.3. The number of hydrogen-bond donors (Lipinski definition) is 3. The van der Waals surface area contributed by atoms with Crippen molar-refractivity contribution >= 4 is 33.3 Å². The number of sulfonamides is 1. The number of benzene rings is 4. The zero-order valence-electron chi connectivity index (χ0n) is 24.5. The lowest BCUT2D eigenvalue weighted by molar-refractivity contribution is -0.136. The molecule has 3 N–H and O–H groups in total. The summed E-state index contributed by atoms with van der Waals surface area (Å²) in [4.78, 5) is 26.8. The van der Waals surface area contributed by atoms with Crippen molar-refractivity contribution in [2.45, 2.75) is 44.0 Å². The normalized spacial score (nSPS) is 12.7. The van der Waals surface area contributed by atoms with Crippen molar-refractivity contribution in [1.29, 1.82) is 0 Å². The molecule has 4 aromatic rings. The van der Waals surface area contributed by atoms with Crippen LogP contribution in [0.4, 0.5) is 11.4 Å². The van der Waals surface area contributed by atoms with Crippen LogP contribution in [0.3, 0.4) is 0 Å². The minimum Gasteiger partial charge on any atom is -0.481 e. The molecule has 0 saturated heterocycles. The molecule has 10 heteroatoms. The second kappa shape index (κ2) is 13.7. The Hall–Kier alpha value is -4.67. The van der Waals surface area contributed by atoms with Gasteiger partial charge in [0.2, 0.25) is 0 Å². The number of ether oxygens (including phenoxy) is 1. The standard InChI is InChI=1S/C34H35N3O6S/c1-2-3-19-37(34(40)25-7-5-4-6-8-25)28-10-12-29(13-11-28)43-30-14-16-32(26(20-30)22-33(38)39)36-44(41,42)31-15-9-24-17-18-35-23-27(24)21-31/h4-16,20-21,35-36H,2-3,17-19,22-23H2,1H3,(H,38,39). The van der Waals surface area contributed by atoms with Crippen LogP contribution in [-0.4, -0.2) is 38.5 Å². The molecule has 1 heterocycles. The third-order valence-corrected chi connectivity index (χ3v) is 8.79. The Bertz CT molecular complexity index is 1740. The fourth-order valence-electron chi connectivity index (χ4n) is 5.10. The van der Waals surface area contributed by atoms with Gasteiger partial charge in [-0.3, -0.25) is 14.3 Å². The molecule has 1 aliphatic heterocycles. The minimum atomic E-state index is -3.97. The SMILES string of the molecule is CCCCN(C(=O)c1ccccc1)c1ccc(Oc2ccc(NS(=O)(=O)c3ccc4c(c3)CNCC4)c(CC(=O)O)c2)cc1. The first-order valence-electron chi connectivity index (χ1n) is 14.6. The van der Waals surface area contributed by atoms with E-state index in [9.17, 15) is 23.1 Å². The van der Waals surface area contributed by atoms with Gasteiger partial charge in [0.25, 0.3) is 15.9 Å². The van der Waals surface area contributed by atoms with E-state index in [1.807, 2.05) is 24.3 Å². The third kappa shape index (κ3) is 7.45. The Morgan fingerprint density at radius 2 is 1.68 bits per heavy atom. The number of anilines is 2. The Balaban J connectivity index is 1.34. The molecule has 1 amide bonds. The highest BCUT2D eigenvalue weighted by molar-refractivity contribution is 7.92. The maximum atomic E-state index is 13.3. The number of carboxylic acid groups (broad SMARTS) is 1. The fraction of sp³-hybridized carbons (Fsp3) is 0.235. The predicted octanol–water partition coefficient (Wildman–Crippen LogP) is 6.00. The first-order valence-corrected chi connectivity index (χ1v) is 16.1. The van der Waals surface area contributed by atoms with Crippen LogP contribution in [0.15, 0.2) is 95.9 Å². The van der Waals surface area contributed by atoms with Crippen LogP contribution in [-0.2, 0) is 34.2 Å². The molecule has 1 aliphatic rings. The van der Waals surface area contributed by atoms with E-state index in [4.69, 9.17) is 4.74 Å². The van der Waals surface area contributed by atoms with Crippen LogP contribution in [0.1, 0.15) is 46.8 Å². The van der Waals surface area contributed by atoms with E-state index in [0.717, 1.165) is 42.6 Å². The van der Waals surface area contributed by atoms with Gasteiger partial charge in [0.1, 0.15) is 11.5 Å². The number of nitrogens with one attached hydrogen (secondary N) is 2. The van der Waals surface area contributed by atoms with Crippen molar-refractivity contribution in [1.82, 2.24) is 5.32 Å². The first kappa shape index (κ1) is 30.8. The molecule has 0 spiro atoms. The Kier molecular flexibility index (Phi) is 9.62. The summed E-state index contributed by atoms with van der Waals surface area (Å²) in [6, 6.07) is 25.9. The molecule has 5 rings (SSSR count). The molecule has 0 aliphatic carbocycles. The lowest BCUT2D eigenvalue weighted by Crippen LogP contribution is -2.31. The fourth-order valence-corrected chi connectivity index (χ4v) is 6.25. The summed E-state index contributed by atoms with van der Waals surface area (Å²) in [6.45, 7) is 4.08. The number of amides is 1. The molecule has 0 atom stereocenters. The average Bonchev–Trinajstić information content (AvgIpc) is 3.03. The van der Waals surface area contributed by atoms with Crippen molar-refractivity contribution in [2.75, 3.05) is 22.7 Å². The summed E-state index contributed by atoms with van der Waals surface area (Å²) in [5.41, 5.74) is 3.80. The predicted molar refractivity (Wildman–Crippen MR) is 170 cm³/mol. The monoisotopic (exact) mass is 613 g/mol. The lowest BCUT2D eigenvalue weighted by atomic mass is 10.0. The number of carbonyl (C=O) groups is 2. The van der Waals surface area contributed by atoms with Crippen molar-refractivity contribution in [2.24, 2.45) is 0 Å². The molecule has 9 nitrogen and oxygen atoms in total. The van der Waals surface area contributed by atoms with Crippen LogP contribution in [0.5, 0.6) is 11.5 Å². The number of rotatable bonds is 12. The number of fused-ring (bicyclic) bond motifs is 1. The number of unbranched alkanes of at least 4 members (excludes halogenated alkanes) is 1. The molecule has 0 saturated carbocycles. The smallest absolute Gasteiger partial charge is 0.307 e. The molecule has 44 heavy (non-hydrogen) atoms. The van der Waals surface area contributed by atoms with Gasteiger partial charge in [-0.05, 0) is 103 Å². The van der Waals surface area contributed by atoms with Gasteiger partial charge in [0.15, 0.2) is 0 Å². The van der Waals surface area contributed by atoms with E-state index < -0.39 is 22.4 Å². The van der Waals surface area contributed by atoms with Gasteiger partial charge in [-0.25, -0.2) is 8.42 Å². The Morgan fingerprint density at radius 3 is 2.41 bits per heavy atom.